The van der Waals surface area contributed by atoms with E-state index in [2.05, 4.69) is 15.3 Å². The monoisotopic (exact) mass is 479 g/mol. The number of nitrogens with zero attached hydrogens (tertiary/aromatic N) is 4. The van der Waals surface area contributed by atoms with Gasteiger partial charge in [0.05, 0.1) is 19.8 Å². The Morgan fingerprint density at radius 1 is 1.21 bits per heavy atom. The third-order valence-electron chi connectivity index (χ3n) is 5.67. The number of fused-ring (bicyclic) bond motifs is 1. The molecule has 1 aliphatic rings. The van der Waals surface area contributed by atoms with E-state index in [4.69, 9.17) is 14.3 Å². The van der Waals surface area contributed by atoms with Gasteiger partial charge in [-0.25, -0.2) is 4.98 Å². The summed E-state index contributed by atoms with van der Waals surface area (Å²) in [5.41, 5.74) is 3.27. The van der Waals surface area contributed by atoms with E-state index >= 15 is 0 Å². The molecule has 5 rings (SSSR count). The van der Waals surface area contributed by atoms with Crippen LogP contribution in [0.5, 0.6) is 0 Å². The van der Waals surface area contributed by atoms with Gasteiger partial charge in [0.15, 0.2) is 11.5 Å². The fraction of sp³-hybridized carbons (Fsp3) is 0.292. The summed E-state index contributed by atoms with van der Waals surface area (Å²) in [7, 11) is 1.87. The quantitative estimate of drug-likeness (QED) is 0.413. The van der Waals surface area contributed by atoms with Crippen LogP contribution in [0.15, 0.2) is 57.2 Å². The van der Waals surface area contributed by atoms with Crippen molar-refractivity contribution in [2.45, 2.75) is 0 Å². The summed E-state index contributed by atoms with van der Waals surface area (Å²) in [6, 6.07) is 11.2. The molecule has 9 nitrogen and oxygen atoms in total. The lowest BCUT2D eigenvalue weighted by atomic mass is 10.1. The minimum absolute atomic E-state index is 0.0273. The SMILES string of the molecule is CN(CCO)c1ccnc(Nc2ccc(-c3csc4c(=O)cc(N5CCOCC5)oc34)cc2)n1. The maximum absolute atomic E-state index is 12.7. The second-order valence-corrected chi connectivity index (χ2v) is 8.82. The van der Waals surface area contributed by atoms with Crippen molar-refractivity contribution in [3.63, 3.8) is 0 Å². The Bertz CT molecular complexity index is 1330. The van der Waals surface area contributed by atoms with E-state index in [0.717, 1.165) is 22.6 Å². The Labute approximate surface area is 200 Å². The highest BCUT2D eigenvalue weighted by Gasteiger charge is 2.18. The smallest absolute Gasteiger partial charge is 0.229 e. The zero-order chi connectivity index (χ0) is 23.5. The van der Waals surface area contributed by atoms with Crippen LogP contribution >= 0.6 is 11.3 Å². The van der Waals surface area contributed by atoms with Crippen LogP contribution in [0.3, 0.4) is 0 Å². The molecule has 4 aromatic rings. The topological polar surface area (TPSA) is 104 Å². The Morgan fingerprint density at radius 2 is 2.00 bits per heavy atom. The number of aromatic nitrogens is 2. The van der Waals surface area contributed by atoms with Gasteiger partial charge in [0.25, 0.3) is 0 Å². The largest absolute Gasteiger partial charge is 0.439 e. The second-order valence-electron chi connectivity index (χ2n) is 7.94. The second kappa shape index (κ2) is 9.80. The number of thiophene rings is 1. The molecular weight excluding hydrogens is 454 g/mol. The van der Waals surface area contributed by atoms with Gasteiger partial charge in [-0.1, -0.05) is 12.1 Å². The number of nitrogens with one attached hydrogen (secondary N) is 1. The minimum atomic E-state index is -0.0273. The Kier molecular flexibility index (Phi) is 6.43. The predicted molar refractivity (Wildman–Crippen MR) is 134 cm³/mol. The van der Waals surface area contributed by atoms with Gasteiger partial charge in [0.1, 0.15) is 10.5 Å². The molecule has 176 valence electrons. The molecule has 10 heteroatoms. The van der Waals surface area contributed by atoms with Crippen molar-refractivity contribution < 1.29 is 14.3 Å². The first-order valence-electron chi connectivity index (χ1n) is 11.0. The standard InChI is InChI=1S/C24H25N5O4S/c1-28(8-11-30)20-6-7-25-24(27-20)26-17-4-2-16(3-5-17)18-15-34-23-19(31)14-21(33-22(18)23)29-9-12-32-13-10-29/h2-7,14-15,30H,8-13H2,1H3,(H,25,26,27). The number of likely N-dealkylation sites (N-methyl/N-ethyl adjacent to an activating group) is 1. The van der Waals surface area contributed by atoms with E-state index in [9.17, 15) is 4.79 Å². The first-order valence-corrected chi connectivity index (χ1v) is 11.9. The number of ether oxygens (including phenoxy) is 1. The molecular formula is C24H25N5O4S. The molecule has 0 aliphatic carbocycles. The lowest BCUT2D eigenvalue weighted by molar-refractivity contribution is 0.121. The van der Waals surface area contributed by atoms with Gasteiger partial charge >= 0.3 is 0 Å². The van der Waals surface area contributed by atoms with E-state index in [0.29, 0.717) is 55.0 Å². The first-order chi connectivity index (χ1) is 16.6. The highest BCUT2D eigenvalue weighted by atomic mass is 32.1. The van der Waals surface area contributed by atoms with Crippen LogP contribution in [0.2, 0.25) is 0 Å². The van der Waals surface area contributed by atoms with Gasteiger partial charge in [-0.2, -0.15) is 4.98 Å². The summed E-state index contributed by atoms with van der Waals surface area (Å²) in [6.07, 6.45) is 1.68. The highest BCUT2D eigenvalue weighted by Crippen LogP contribution is 2.35. The number of aliphatic hydroxyl groups is 1. The van der Waals surface area contributed by atoms with Crippen molar-refractivity contribution in [3.05, 3.63) is 58.2 Å². The molecule has 1 saturated heterocycles. The number of anilines is 4. The van der Waals surface area contributed by atoms with Crippen molar-refractivity contribution in [1.29, 1.82) is 0 Å². The average molecular weight is 480 g/mol. The summed E-state index contributed by atoms with van der Waals surface area (Å²) in [5, 5.41) is 14.3. The van der Waals surface area contributed by atoms with Gasteiger partial charge in [-0.05, 0) is 23.8 Å². The fourth-order valence-corrected chi connectivity index (χ4v) is 4.73. The van der Waals surface area contributed by atoms with E-state index in [1.54, 1.807) is 18.3 Å². The van der Waals surface area contributed by atoms with Crippen LogP contribution in [0, 0.1) is 0 Å². The number of rotatable bonds is 7. The average Bonchev–Trinajstić information content (AvgIpc) is 3.30. The van der Waals surface area contributed by atoms with E-state index in [-0.39, 0.29) is 12.0 Å². The summed E-state index contributed by atoms with van der Waals surface area (Å²) < 4.78 is 12.2. The molecule has 0 atom stereocenters. The molecule has 1 aromatic carbocycles. The lowest BCUT2D eigenvalue weighted by Crippen LogP contribution is -2.36. The van der Waals surface area contributed by atoms with Crippen LogP contribution in [-0.4, -0.2) is 61.6 Å². The molecule has 1 fully saturated rings. The Morgan fingerprint density at radius 3 is 2.76 bits per heavy atom. The summed E-state index contributed by atoms with van der Waals surface area (Å²) in [6.45, 7) is 3.19. The van der Waals surface area contributed by atoms with Crippen LogP contribution in [0.1, 0.15) is 0 Å². The number of hydrogen-bond donors (Lipinski definition) is 2. The zero-order valence-electron chi connectivity index (χ0n) is 18.7. The molecule has 0 bridgehead atoms. The molecule has 2 N–H and O–H groups in total. The van der Waals surface area contributed by atoms with Crippen LogP contribution in [0.25, 0.3) is 21.4 Å². The van der Waals surface area contributed by atoms with Crippen LogP contribution < -0.4 is 20.5 Å². The molecule has 0 amide bonds. The maximum atomic E-state index is 12.7. The number of benzene rings is 1. The number of aliphatic hydroxyl groups excluding tert-OH is 1. The number of morpholine rings is 1. The molecule has 0 saturated carbocycles. The highest BCUT2D eigenvalue weighted by molar-refractivity contribution is 7.17. The lowest BCUT2D eigenvalue weighted by Gasteiger charge is -2.27. The Hall–Kier alpha value is -3.47. The summed E-state index contributed by atoms with van der Waals surface area (Å²) in [4.78, 5) is 25.4. The molecule has 4 heterocycles. The Balaban J connectivity index is 1.39. The maximum Gasteiger partial charge on any atom is 0.229 e. The van der Waals surface area contributed by atoms with Gasteiger partial charge in [0, 0.05) is 55.6 Å². The minimum Gasteiger partial charge on any atom is -0.439 e. The van der Waals surface area contributed by atoms with Crippen molar-refractivity contribution in [2.75, 3.05) is 61.6 Å². The normalized spacial score (nSPS) is 13.9. The van der Waals surface area contributed by atoms with E-state index in [1.165, 1.54) is 11.3 Å². The van der Waals surface area contributed by atoms with Crippen molar-refractivity contribution in [2.24, 2.45) is 0 Å². The molecule has 0 spiro atoms. The predicted octanol–water partition coefficient (Wildman–Crippen LogP) is 3.32. The summed E-state index contributed by atoms with van der Waals surface area (Å²) in [5.74, 6) is 1.78. The molecule has 3 aromatic heterocycles. The third kappa shape index (κ3) is 4.60. The number of hydrogen-bond acceptors (Lipinski definition) is 10. The summed E-state index contributed by atoms with van der Waals surface area (Å²) >= 11 is 1.40. The molecule has 34 heavy (non-hydrogen) atoms. The van der Waals surface area contributed by atoms with E-state index < -0.39 is 0 Å². The van der Waals surface area contributed by atoms with Crippen molar-refractivity contribution in [3.8, 4) is 11.1 Å². The van der Waals surface area contributed by atoms with Gasteiger partial charge in [-0.15, -0.1) is 11.3 Å². The van der Waals surface area contributed by atoms with Crippen LogP contribution in [0.4, 0.5) is 23.3 Å². The van der Waals surface area contributed by atoms with Gasteiger partial charge < -0.3 is 29.4 Å². The van der Waals surface area contributed by atoms with Crippen LogP contribution in [-0.2, 0) is 4.74 Å². The first kappa shape index (κ1) is 22.3. The molecule has 0 unspecified atom stereocenters. The third-order valence-corrected chi connectivity index (χ3v) is 6.65. The van der Waals surface area contributed by atoms with Crippen molar-refractivity contribution in [1.82, 2.24) is 9.97 Å². The van der Waals surface area contributed by atoms with Crippen molar-refractivity contribution >= 4 is 45.0 Å². The fourth-order valence-electron chi connectivity index (χ4n) is 3.82. The van der Waals surface area contributed by atoms with Gasteiger partial charge in [-0.3, -0.25) is 4.79 Å². The van der Waals surface area contributed by atoms with E-state index in [1.807, 2.05) is 46.5 Å². The molecule has 1 aliphatic heterocycles. The zero-order valence-corrected chi connectivity index (χ0v) is 19.5. The molecule has 0 radical (unpaired) electrons. The van der Waals surface area contributed by atoms with Gasteiger partial charge in [0.2, 0.25) is 11.4 Å².